The number of unbranched alkanes of at least 4 members (excludes halogenated alkanes) is 1. The third-order valence-electron chi connectivity index (χ3n) is 4.83. The Hall–Kier alpha value is -2.44. The van der Waals surface area contributed by atoms with Crippen LogP contribution in [-0.2, 0) is 15.1 Å². The monoisotopic (exact) mass is 363 g/mol. The number of urea groups is 1. The Morgan fingerprint density at radius 1 is 1.15 bits per heavy atom. The number of halogens is 1. The first-order chi connectivity index (χ1) is 12.4. The molecule has 1 heterocycles. The summed E-state index contributed by atoms with van der Waals surface area (Å²) in [5.41, 5.74) is -0.715. The van der Waals surface area contributed by atoms with Crippen molar-refractivity contribution < 1.29 is 18.8 Å². The maximum Gasteiger partial charge on any atom is 0.325 e. The molecule has 0 spiro atoms. The van der Waals surface area contributed by atoms with Crippen molar-refractivity contribution in [2.24, 2.45) is 0 Å². The van der Waals surface area contributed by atoms with Gasteiger partial charge in [-0.1, -0.05) is 31.9 Å². The maximum atomic E-state index is 13.3. The van der Waals surface area contributed by atoms with Gasteiger partial charge < -0.3 is 10.2 Å². The highest BCUT2D eigenvalue weighted by molar-refractivity contribution is 6.09. The number of amides is 4. The quantitative estimate of drug-likeness (QED) is 0.722. The highest BCUT2D eigenvalue weighted by Crippen LogP contribution is 2.34. The van der Waals surface area contributed by atoms with Gasteiger partial charge in [0.1, 0.15) is 17.9 Å². The summed E-state index contributed by atoms with van der Waals surface area (Å²) in [4.78, 5) is 40.5. The van der Waals surface area contributed by atoms with Crippen LogP contribution in [0.15, 0.2) is 24.3 Å². The van der Waals surface area contributed by atoms with Crippen molar-refractivity contribution in [2.75, 3.05) is 19.6 Å². The molecule has 0 saturated carbocycles. The van der Waals surface area contributed by atoms with E-state index in [0.717, 1.165) is 11.3 Å². The molecule has 4 amide bonds. The Labute approximate surface area is 153 Å². The fourth-order valence-electron chi connectivity index (χ4n) is 3.27. The van der Waals surface area contributed by atoms with E-state index in [4.69, 9.17) is 0 Å². The first-order valence-corrected chi connectivity index (χ1v) is 9.07. The highest BCUT2D eigenvalue weighted by Gasteiger charge is 2.52. The highest BCUT2D eigenvalue weighted by atomic mass is 19.1. The SMILES string of the molecule is CCCC[C@]1(c2ccc(F)cc2)NC(=O)N(CC(=O)N(CC)CC)C1=O. The lowest BCUT2D eigenvalue weighted by molar-refractivity contribution is -0.139. The summed E-state index contributed by atoms with van der Waals surface area (Å²) < 4.78 is 13.3. The van der Waals surface area contributed by atoms with Crippen molar-refractivity contribution in [3.8, 4) is 0 Å². The van der Waals surface area contributed by atoms with Crippen LogP contribution in [0.25, 0.3) is 0 Å². The van der Waals surface area contributed by atoms with Gasteiger partial charge in [0.2, 0.25) is 5.91 Å². The van der Waals surface area contributed by atoms with Crippen LogP contribution in [0, 0.1) is 5.82 Å². The lowest BCUT2D eigenvalue weighted by atomic mass is 9.85. The molecule has 1 atom stereocenters. The van der Waals surface area contributed by atoms with Gasteiger partial charge in [-0.3, -0.25) is 14.5 Å². The number of carbonyl (C=O) groups excluding carboxylic acids is 3. The Morgan fingerprint density at radius 2 is 1.77 bits per heavy atom. The minimum absolute atomic E-state index is 0.274. The number of nitrogens with zero attached hydrogens (tertiary/aromatic N) is 2. The number of hydrogen-bond donors (Lipinski definition) is 1. The number of likely N-dealkylation sites (N-methyl/N-ethyl adjacent to an activating group) is 1. The summed E-state index contributed by atoms with van der Waals surface area (Å²) in [6.45, 7) is 6.41. The summed E-state index contributed by atoms with van der Waals surface area (Å²) in [6, 6.07) is 4.98. The molecule has 1 N–H and O–H groups in total. The van der Waals surface area contributed by atoms with Crippen molar-refractivity contribution in [1.29, 1.82) is 0 Å². The van der Waals surface area contributed by atoms with Crippen molar-refractivity contribution in [1.82, 2.24) is 15.1 Å². The third kappa shape index (κ3) is 3.71. The number of nitrogens with one attached hydrogen (secondary N) is 1. The molecule has 1 aromatic carbocycles. The smallest absolute Gasteiger partial charge is 0.325 e. The Bertz CT molecular complexity index is 673. The molecule has 7 heteroatoms. The fourth-order valence-corrected chi connectivity index (χ4v) is 3.27. The van der Waals surface area contributed by atoms with Crippen LogP contribution in [0.5, 0.6) is 0 Å². The van der Waals surface area contributed by atoms with Crippen LogP contribution in [0.3, 0.4) is 0 Å². The Balaban J connectivity index is 2.33. The Kier molecular flexibility index (Phi) is 6.34. The van der Waals surface area contributed by atoms with E-state index in [1.54, 1.807) is 4.90 Å². The van der Waals surface area contributed by atoms with Crippen LogP contribution in [0.4, 0.5) is 9.18 Å². The summed E-state index contributed by atoms with van der Waals surface area (Å²) in [5, 5.41) is 2.76. The van der Waals surface area contributed by atoms with Crippen molar-refractivity contribution in [3.05, 3.63) is 35.6 Å². The van der Waals surface area contributed by atoms with Gasteiger partial charge in [0.25, 0.3) is 5.91 Å². The fraction of sp³-hybridized carbons (Fsp3) is 0.526. The molecular weight excluding hydrogens is 337 g/mol. The first-order valence-electron chi connectivity index (χ1n) is 9.07. The van der Waals surface area contributed by atoms with Crippen molar-refractivity contribution in [2.45, 2.75) is 45.6 Å². The van der Waals surface area contributed by atoms with Gasteiger partial charge in [-0.25, -0.2) is 9.18 Å². The molecule has 0 unspecified atom stereocenters. The second-order valence-corrected chi connectivity index (χ2v) is 6.40. The molecular formula is C19H26FN3O3. The molecule has 1 fully saturated rings. The molecule has 1 saturated heterocycles. The van der Waals surface area contributed by atoms with E-state index < -0.39 is 23.3 Å². The molecule has 0 aromatic heterocycles. The van der Waals surface area contributed by atoms with Gasteiger partial charge in [-0.15, -0.1) is 0 Å². The van der Waals surface area contributed by atoms with Gasteiger partial charge in [0.05, 0.1) is 0 Å². The minimum atomic E-state index is -1.25. The van der Waals surface area contributed by atoms with Crippen molar-refractivity contribution >= 4 is 17.8 Å². The van der Waals surface area contributed by atoms with E-state index in [-0.39, 0.29) is 12.5 Å². The first kappa shape index (κ1) is 19.9. The van der Waals surface area contributed by atoms with E-state index in [1.807, 2.05) is 20.8 Å². The molecule has 1 aliphatic heterocycles. The van der Waals surface area contributed by atoms with Gasteiger partial charge in [0, 0.05) is 13.1 Å². The zero-order valence-corrected chi connectivity index (χ0v) is 15.5. The van der Waals surface area contributed by atoms with E-state index in [9.17, 15) is 18.8 Å². The zero-order chi connectivity index (χ0) is 19.3. The molecule has 26 heavy (non-hydrogen) atoms. The number of imide groups is 1. The number of rotatable bonds is 8. The summed E-state index contributed by atoms with van der Waals surface area (Å²) in [7, 11) is 0. The molecule has 0 radical (unpaired) electrons. The van der Waals surface area contributed by atoms with Crippen molar-refractivity contribution in [3.63, 3.8) is 0 Å². The lowest BCUT2D eigenvalue weighted by Crippen LogP contribution is -2.46. The predicted octanol–water partition coefficient (Wildman–Crippen LogP) is 2.63. The number of benzene rings is 1. The molecule has 6 nitrogen and oxygen atoms in total. The van der Waals surface area contributed by atoms with Crippen LogP contribution in [-0.4, -0.2) is 47.3 Å². The maximum absolute atomic E-state index is 13.3. The molecule has 1 aliphatic rings. The van der Waals surface area contributed by atoms with E-state index in [1.165, 1.54) is 24.3 Å². The molecule has 142 valence electrons. The van der Waals surface area contributed by atoms with Gasteiger partial charge in [0.15, 0.2) is 0 Å². The summed E-state index contributed by atoms with van der Waals surface area (Å²) in [6.07, 6.45) is 1.95. The third-order valence-corrected chi connectivity index (χ3v) is 4.83. The Morgan fingerprint density at radius 3 is 2.31 bits per heavy atom. The summed E-state index contributed by atoms with van der Waals surface area (Å²) >= 11 is 0. The standard InChI is InChI=1S/C19H26FN3O3/c1-4-7-12-19(14-8-10-15(20)11-9-14)17(25)23(18(26)21-19)13-16(24)22(5-2)6-3/h8-11H,4-7,12-13H2,1-3H3,(H,21,26)/t19-/m1/s1. The second kappa shape index (κ2) is 8.29. The van der Waals surface area contributed by atoms with E-state index in [0.29, 0.717) is 31.5 Å². The summed E-state index contributed by atoms with van der Waals surface area (Å²) in [5.74, 6) is -1.14. The van der Waals surface area contributed by atoms with E-state index in [2.05, 4.69) is 5.32 Å². The average Bonchev–Trinajstić information content (AvgIpc) is 2.87. The van der Waals surface area contributed by atoms with Crippen LogP contribution in [0.2, 0.25) is 0 Å². The zero-order valence-electron chi connectivity index (χ0n) is 15.5. The normalized spacial score (nSPS) is 19.6. The van der Waals surface area contributed by atoms with Crippen LogP contribution < -0.4 is 5.32 Å². The van der Waals surface area contributed by atoms with Gasteiger partial charge in [-0.2, -0.15) is 0 Å². The molecule has 2 rings (SSSR count). The number of hydrogen-bond acceptors (Lipinski definition) is 3. The molecule has 0 bridgehead atoms. The predicted molar refractivity (Wildman–Crippen MR) is 95.8 cm³/mol. The minimum Gasteiger partial charge on any atom is -0.342 e. The largest absolute Gasteiger partial charge is 0.342 e. The molecule has 1 aromatic rings. The van der Waals surface area contributed by atoms with Gasteiger partial charge >= 0.3 is 6.03 Å². The van der Waals surface area contributed by atoms with Crippen LogP contribution in [0.1, 0.15) is 45.6 Å². The van der Waals surface area contributed by atoms with E-state index >= 15 is 0 Å². The number of carbonyl (C=O) groups is 3. The average molecular weight is 363 g/mol. The lowest BCUT2D eigenvalue weighted by Gasteiger charge is -2.27. The topological polar surface area (TPSA) is 69.7 Å². The molecule has 0 aliphatic carbocycles. The van der Waals surface area contributed by atoms with Crippen LogP contribution >= 0.6 is 0 Å². The van der Waals surface area contributed by atoms with Gasteiger partial charge in [-0.05, 0) is 38.0 Å². The second-order valence-electron chi connectivity index (χ2n) is 6.40.